The first kappa shape index (κ1) is 34.1. The van der Waals surface area contributed by atoms with Crippen molar-refractivity contribution < 1.29 is 41.0 Å². The maximum Gasteiger partial charge on any atom is 0.338 e. The normalized spacial score (nSPS) is 13.1. The van der Waals surface area contributed by atoms with Crippen LogP contribution >= 0.6 is 0 Å². The van der Waals surface area contributed by atoms with E-state index < -0.39 is 15.8 Å². The van der Waals surface area contributed by atoms with Crippen LogP contribution in [0.5, 0.6) is 0 Å². The van der Waals surface area contributed by atoms with E-state index in [0.29, 0.717) is 53.2 Å². The van der Waals surface area contributed by atoms with Crippen LogP contribution in [0.25, 0.3) is 22.3 Å². The van der Waals surface area contributed by atoms with E-state index in [4.69, 9.17) is 18.6 Å². The number of benzene rings is 3. The molecule has 0 saturated heterocycles. The fourth-order valence-corrected chi connectivity index (χ4v) is 6.20. The highest BCUT2D eigenvalue weighted by Crippen LogP contribution is 2.48. The summed E-state index contributed by atoms with van der Waals surface area (Å²) in [6.45, 7) is 3.37. The Balaban J connectivity index is 1.26. The first-order valence-electron chi connectivity index (χ1n) is 15.6. The largest absolute Gasteiger partial charge is 0.462 e. The second-order valence-electron chi connectivity index (χ2n) is 11.4. The first-order valence-corrected chi connectivity index (χ1v) is 17.4. The maximum absolute atomic E-state index is 13.7. The number of furan rings is 1. The SMILES string of the molecule is CCCOC(=O)c1ccc(COCCOCCN(c2cc3oc(-c4ccc(F)cc4)c(C(=O)NC)c3cc2C2CC2)S(C)(=O)=O)cc1. The van der Waals surface area contributed by atoms with Crippen LogP contribution < -0.4 is 9.62 Å². The Morgan fingerprint density at radius 2 is 1.68 bits per heavy atom. The minimum absolute atomic E-state index is 0.0630. The number of anilines is 1. The Morgan fingerprint density at radius 3 is 2.32 bits per heavy atom. The van der Waals surface area contributed by atoms with Crippen molar-refractivity contribution in [1.29, 1.82) is 0 Å². The van der Waals surface area contributed by atoms with Gasteiger partial charge in [-0.25, -0.2) is 17.6 Å². The number of fused-ring (bicyclic) bond motifs is 1. The van der Waals surface area contributed by atoms with E-state index in [1.54, 1.807) is 30.3 Å². The van der Waals surface area contributed by atoms with Gasteiger partial charge < -0.3 is 23.9 Å². The molecule has 10 nitrogen and oxygen atoms in total. The Labute approximate surface area is 273 Å². The van der Waals surface area contributed by atoms with Crippen LogP contribution in [0, 0.1) is 5.82 Å². The van der Waals surface area contributed by atoms with Crippen molar-refractivity contribution in [2.24, 2.45) is 0 Å². The lowest BCUT2D eigenvalue weighted by atomic mass is 10.0. The van der Waals surface area contributed by atoms with E-state index in [9.17, 15) is 22.4 Å². The summed E-state index contributed by atoms with van der Waals surface area (Å²) >= 11 is 0. The van der Waals surface area contributed by atoms with E-state index in [1.807, 2.05) is 13.0 Å². The third-order valence-corrected chi connectivity index (χ3v) is 8.97. The van der Waals surface area contributed by atoms with Crippen LogP contribution in [0.15, 0.2) is 65.1 Å². The predicted octanol–water partition coefficient (Wildman–Crippen LogP) is 6.04. The van der Waals surface area contributed by atoms with Gasteiger partial charge in [-0.3, -0.25) is 9.10 Å². The number of carbonyl (C=O) groups is 2. The average molecular weight is 667 g/mol. The van der Waals surface area contributed by atoms with E-state index >= 15 is 0 Å². The van der Waals surface area contributed by atoms with Gasteiger partial charge in [0.2, 0.25) is 10.0 Å². The van der Waals surface area contributed by atoms with Gasteiger partial charge in [-0.1, -0.05) is 19.1 Å². The molecule has 0 spiro atoms. The second-order valence-corrected chi connectivity index (χ2v) is 13.3. The number of halogens is 1. The molecule has 5 rings (SSSR count). The number of nitrogens with zero attached hydrogens (tertiary/aromatic N) is 1. The summed E-state index contributed by atoms with van der Waals surface area (Å²) in [5.41, 5.74) is 3.84. The summed E-state index contributed by atoms with van der Waals surface area (Å²) in [6.07, 6.45) is 3.70. The lowest BCUT2D eigenvalue weighted by Gasteiger charge is -2.25. The topological polar surface area (TPSA) is 124 Å². The van der Waals surface area contributed by atoms with Crippen LogP contribution in [0.1, 0.15) is 63.9 Å². The van der Waals surface area contributed by atoms with Crippen LogP contribution in [0.3, 0.4) is 0 Å². The molecule has 1 aromatic heterocycles. The molecule has 1 N–H and O–H groups in total. The molecular formula is C35H39FN2O8S. The van der Waals surface area contributed by atoms with Crippen molar-refractivity contribution in [2.45, 2.75) is 38.7 Å². The van der Waals surface area contributed by atoms with Crippen LogP contribution in [0.2, 0.25) is 0 Å². The molecule has 1 aliphatic carbocycles. The Kier molecular flexibility index (Phi) is 10.9. The molecule has 3 aromatic carbocycles. The predicted molar refractivity (Wildman–Crippen MR) is 177 cm³/mol. The number of hydrogen-bond acceptors (Lipinski definition) is 8. The molecule has 12 heteroatoms. The lowest BCUT2D eigenvalue weighted by molar-refractivity contribution is 0.0435. The smallest absolute Gasteiger partial charge is 0.338 e. The fourth-order valence-electron chi connectivity index (χ4n) is 5.28. The number of nitrogens with one attached hydrogen (secondary N) is 1. The standard InChI is InChI=1S/C35H39FN2O8S/c1-4-16-45-35(40)26-7-5-23(6-8-26)22-44-19-18-43-17-15-38(47(3,41)42)30-21-31-29(20-28(30)24-9-10-24)32(34(39)37-2)33(46-31)25-11-13-27(36)14-12-25/h5-8,11-14,20-21,24H,4,9-10,15-19,22H2,1-3H3,(H,37,39). The molecule has 0 radical (unpaired) electrons. The van der Waals surface area contributed by atoms with Gasteiger partial charge in [0.1, 0.15) is 17.2 Å². The molecular weight excluding hydrogens is 627 g/mol. The van der Waals surface area contributed by atoms with Gasteiger partial charge >= 0.3 is 5.97 Å². The highest BCUT2D eigenvalue weighted by Gasteiger charge is 2.33. The number of amides is 1. The zero-order valence-electron chi connectivity index (χ0n) is 26.7. The summed E-state index contributed by atoms with van der Waals surface area (Å²) in [6, 6.07) is 16.2. The van der Waals surface area contributed by atoms with Gasteiger partial charge in [-0.15, -0.1) is 0 Å². The molecule has 0 unspecified atom stereocenters. The van der Waals surface area contributed by atoms with Gasteiger partial charge in [0.05, 0.1) is 62.6 Å². The maximum atomic E-state index is 13.7. The third-order valence-electron chi connectivity index (χ3n) is 7.79. The number of sulfonamides is 1. The lowest BCUT2D eigenvalue weighted by Crippen LogP contribution is -2.34. The number of carbonyl (C=O) groups excluding carboxylic acids is 2. The highest BCUT2D eigenvalue weighted by molar-refractivity contribution is 7.92. The van der Waals surface area contributed by atoms with Gasteiger partial charge in [-0.05, 0) is 78.8 Å². The summed E-state index contributed by atoms with van der Waals surface area (Å²) in [4.78, 5) is 25.0. The number of hydrogen-bond donors (Lipinski definition) is 1. The molecule has 1 amide bonds. The molecule has 1 saturated carbocycles. The number of rotatable bonds is 16. The van der Waals surface area contributed by atoms with Crippen LogP contribution in [-0.2, 0) is 30.8 Å². The molecule has 0 bridgehead atoms. The summed E-state index contributed by atoms with van der Waals surface area (Å²) in [7, 11) is -2.20. The van der Waals surface area contributed by atoms with E-state index in [0.717, 1.165) is 36.6 Å². The quantitative estimate of drug-likeness (QED) is 0.113. The average Bonchev–Trinajstić information content (AvgIpc) is 3.84. The van der Waals surface area contributed by atoms with Gasteiger partial charge in [0.15, 0.2) is 0 Å². The summed E-state index contributed by atoms with van der Waals surface area (Å²) in [5, 5.41) is 3.21. The monoisotopic (exact) mass is 666 g/mol. The van der Waals surface area contributed by atoms with Crippen molar-refractivity contribution >= 4 is 38.6 Å². The van der Waals surface area contributed by atoms with E-state index in [1.165, 1.54) is 35.6 Å². The molecule has 1 aliphatic rings. The first-order chi connectivity index (χ1) is 22.6. The van der Waals surface area contributed by atoms with Crippen molar-refractivity contribution in [3.63, 3.8) is 0 Å². The minimum atomic E-state index is -3.72. The van der Waals surface area contributed by atoms with Crippen molar-refractivity contribution in [1.82, 2.24) is 5.32 Å². The van der Waals surface area contributed by atoms with Gasteiger partial charge in [0.25, 0.3) is 5.91 Å². The molecule has 1 heterocycles. The van der Waals surface area contributed by atoms with Crippen LogP contribution in [0.4, 0.5) is 10.1 Å². The van der Waals surface area contributed by atoms with Crippen molar-refractivity contribution in [2.75, 3.05) is 50.6 Å². The molecule has 4 aromatic rings. The Morgan fingerprint density at radius 1 is 0.979 bits per heavy atom. The summed E-state index contributed by atoms with van der Waals surface area (Å²) in [5.74, 6) is -0.715. The zero-order chi connectivity index (χ0) is 33.6. The van der Waals surface area contributed by atoms with E-state index in [-0.39, 0.29) is 43.3 Å². The fraction of sp³-hybridized carbons (Fsp3) is 0.371. The highest BCUT2D eigenvalue weighted by atomic mass is 32.2. The van der Waals surface area contributed by atoms with Crippen molar-refractivity contribution in [3.05, 3.63) is 88.7 Å². The van der Waals surface area contributed by atoms with Crippen molar-refractivity contribution in [3.8, 4) is 11.3 Å². The molecule has 47 heavy (non-hydrogen) atoms. The Hall–Kier alpha value is -4.26. The summed E-state index contributed by atoms with van der Waals surface area (Å²) < 4.78 is 63.9. The minimum Gasteiger partial charge on any atom is -0.462 e. The van der Waals surface area contributed by atoms with Gasteiger partial charge in [0, 0.05) is 24.1 Å². The zero-order valence-corrected chi connectivity index (χ0v) is 27.5. The second kappa shape index (κ2) is 15.1. The molecule has 0 atom stereocenters. The Bertz CT molecular complexity index is 1820. The van der Waals surface area contributed by atoms with Crippen LogP contribution in [-0.4, -0.2) is 66.6 Å². The third kappa shape index (κ3) is 8.37. The van der Waals surface area contributed by atoms with E-state index in [2.05, 4.69) is 5.32 Å². The number of ether oxygens (including phenoxy) is 3. The molecule has 0 aliphatic heterocycles. The molecule has 1 fully saturated rings. The number of esters is 1. The van der Waals surface area contributed by atoms with Gasteiger partial charge in [-0.2, -0.15) is 0 Å². The molecule has 250 valence electrons.